The molecule has 22 rings (SSSR count). The maximum atomic E-state index is 2.51. The topological polar surface area (TPSA) is 3.88 Å². The highest BCUT2D eigenvalue weighted by atomic mass is 32.2. The monoisotopic (exact) mass is 1820 g/mol. The average Bonchev–Trinajstić information content (AvgIpc) is 1.62. The van der Waals surface area contributed by atoms with Crippen LogP contribution in [0.2, 0.25) is 0 Å². The van der Waals surface area contributed by atoms with E-state index >= 15 is 0 Å². The third-order valence-corrected chi connectivity index (χ3v) is 43.2. The normalized spacial score (nSPS) is 11.8. The number of rotatable bonds is 21. The molecule has 0 radical (unpaired) electrons. The molecular weight excluding hydrogens is 1770 g/mol. The van der Waals surface area contributed by atoms with Crippen molar-refractivity contribution in [3.05, 3.63) is 280 Å². The predicted molar refractivity (Wildman–Crippen MR) is 517 cm³/mol. The van der Waals surface area contributed by atoms with Gasteiger partial charge in [0, 0.05) is 188 Å². The van der Waals surface area contributed by atoms with E-state index in [9.17, 15) is 0 Å². The van der Waals surface area contributed by atoms with Gasteiger partial charge in [-0.15, -0.1) is 238 Å². The molecule has 0 saturated heterocycles. The van der Waals surface area contributed by atoms with Crippen LogP contribution in [-0.2, 0) is 7.05 Å². The van der Waals surface area contributed by atoms with Crippen molar-refractivity contribution < 1.29 is 4.57 Å². The highest BCUT2D eigenvalue weighted by Gasteiger charge is 2.28. The van der Waals surface area contributed by atoms with Crippen molar-refractivity contribution in [3.63, 3.8) is 0 Å². The molecule has 540 valence electrons. The summed E-state index contributed by atoms with van der Waals surface area (Å²) in [4.78, 5) is 44.4. The Morgan fingerprint density at radius 1 is 0.161 bits per heavy atom. The molecule has 0 bridgehead atoms. The van der Waals surface area contributed by atoms with E-state index in [4.69, 9.17) is 0 Å². The summed E-state index contributed by atoms with van der Waals surface area (Å²) in [5.41, 5.74) is 10.4. The van der Waals surface area contributed by atoms with Crippen molar-refractivity contribution in [1.29, 1.82) is 0 Å². The molecule has 0 saturated carbocycles. The molecule has 0 aliphatic heterocycles. The van der Waals surface area contributed by atoms with Crippen LogP contribution >= 0.6 is 238 Å². The van der Waals surface area contributed by atoms with Crippen molar-refractivity contribution in [2.75, 3.05) is 0 Å². The number of hydrogen-bond donors (Lipinski definition) is 0. The summed E-state index contributed by atoms with van der Waals surface area (Å²) >= 11 is 39.6. The maximum Gasteiger partial charge on any atom is 0.169 e. The Morgan fingerprint density at radius 3 is 0.589 bits per heavy atom. The summed E-state index contributed by atoms with van der Waals surface area (Å²) < 4.78 is 2.13. The Balaban J connectivity index is 0.639. The lowest BCUT2D eigenvalue weighted by atomic mass is 10.1. The number of thiophene rings is 21. The Labute approximate surface area is 730 Å². The molecular formula is C90H50NS21+. The number of pyridine rings is 1. The Kier molecular flexibility index (Phi) is 19.4. The predicted octanol–water partition coefficient (Wildman–Crippen LogP) is 36.8. The molecule has 0 unspecified atom stereocenters. The average molecular weight is 1820 g/mol. The van der Waals surface area contributed by atoms with Crippen molar-refractivity contribution in [3.8, 4) is 210 Å². The van der Waals surface area contributed by atoms with E-state index in [1.54, 1.807) is 0 Å². The van der Waals surface area contributed by atoms with Crippen molar-refractivity contribution in [2.45, 2.75) is 0 Å². The molecule has 0 spiro atoms. The Morgan fingerprint density at radius 2 is 0.348 bits per heavy atom. The molecule has 22 heterocycles. The number of nitrogens with zero attached hydrogens (tertiary/aromatic N) is 1. The van der Waals surface area contributed by atoms with Gasteiger partial charge in [0.1, 0.15) is 7.05 Å². The standard InChI is InChI=1S/C90H50NS21/c1-91-32-30-49(31-33-91)77-42-54(61-18-21-66(100-61)82-47-55(62-19-22-64(101-62)78-43-50(57-10-2-34-92-57)84(107-78)70-14-6-38-96-70)89(111-82)75-28-25-67(104-75)80-45-52(59-12-4-36-94-59)86(109-80)72-16-8-40-98-72)88(106-77)74-27-24-69(103-74)83-48-56(63-20-23-65(102-63)79-44-51(58-11-3-35-93-58)85(108-79)71-15-7-39-97-71)90(112-83)76-29-26-68(105-76)81-46-53(60-13-5-37-95-60)87(110-81)73-17-9-41-99-73/h2-48H,1H3/q+1. The van der Waals surface area contributed by atoms with Crippen LogP contribution in [0.25, 0.3) is 210 Å². The van der Waals surface area contributed by atoms with Crippen molar-refractivity contribution >= 4 is 238 Å². The van der Waals surface area contributed by atoms with Gasteiger partial charge in [-0.1, -0.05) is 48.5 Å². The van der Waals surface area contributed by atoms with E-state index < -0.39 is 0 Å². The second-order valence-electron chi connectivity index (χ2n) is 26.0. The fourth-order valence-corrected chi connectivity index (χ4v) is 35.9. The Hall–Kier alpha value is -7.15. The molecule has 1 nitrogen and oxygen atoms in total. The van der Waals surface area contributed by atoms with Crippen LogP contribution in [0.4, 0.5) is 0 Å². The molecule has 0 aliphatic carbocycles. The van der Waals surface area contributed by atoms with Crippen LogP contribution in [0.5, 0.6) is 0 Å². The minimum Gasteiger partial charge on any atom is -0.208 e. The number of aryl methyl sites for hydroxylation is 1. The molecule has 0 aliphatic rings. The lowest BCUT2D eigenvalue weighted by Gasteiger charge is -1.99. The van der Waals surface area contributed by atoms with E-state index in [1.165, 1.54) is 210 Å². The fourth-order valence-electron chi connectivity index (χ4n) is 13.8. The molecule has 22 aromatic heterocycles. The van der Waals surface area contributed by atoms with Crippen LogP contribution in [0.15, 0.2) is 280 Å². The highest BCUT2D eigenvalue weighted by molar-refractivity contribution is 7.34. The third-order valence-electron chi connectivity index (χ3n) is 19.1. The van der Waals surface area contributed by atoms with E-state index in [1.807, 2.05) is 238 Å². The zero-order valence-corrected chi connectivity index (χ0v) is 75.3. The minimum atomic E-state index is 1.22. The Bertz CT molecular complexity index is 6040. The largest absolute Gasteiger partial charge is 0.208 e. The minimum absolute atomic E-state index is 1.22. The number of hydrogen-bond acceptors (Lipinski definition) is 21. The van der Waals surface area contributed by atoms with Gasteiger partial charge in [-0.2, -0.15) is 0 Å². The van der Waals surface area contributed by atoms with Crippen molar-refractivity contribution in [1.82, 2.24) is 0 Å². The summed E-state index contributed by atoms with van der Waals surface area (Å²) in [5, 5.41) is 17.6. The van der Waals surface area contributed by atoms with Crippen LogP contribution < -0.4 is 4.57 Å². The van der Waals surface area contributed by atoms with E-state index in [0.717, 1.165) is 0 Å². The van der Waals surface area contributed by atoms with Gasteiger partial charge in [0.25, 0.3) is 0 Å². The van der Waals surface area contributed by atoms with Gasteiger partial charge in [0.05, 0.1) is 34.1 Å². The van der Waals surface area contributed by atoms with Crippen LogP contribution in [0.3, 0.4) is 0 Å². The molecule has 112 heavy (non-hydrogen) atoms. The van der Waals surface area contributed by atoms with Crippen LogP contribution in [-0.4, -0.2) is 0 Å². The molecule has 22 heteroatoms. The van der Waals surface area contributed by atoms with E-state index in [0.29, 0.717) is 0 Å². The van der Waals surface area contributed by atoms with E-state index in [-0.39, 0.29) is 0 Å². The third kappa shape index (κ3) is 13.5. The zero-order valence-electron chi connectivity index (χ0n) is 58.2. The first-order chi connectivity index (χ1) is 55.3. The summed E-state index contributed by atoms with van der Waals surface area (Å²) in [7, 11) is 2.10. The van der Waals surface area contributed by atoms with Crippen LogP contribution in [0.1, 0.15) is 0 Å². The van der Waals surface area contributed by atoms with Gasteiger partial charge < -0.3 is 0 Å². The lowest BCUT2D eigenvalue weighted by molar-refractivity contribution is -0.671. The first kappa shape index (κ1) is 71.4. The van der Waals surface area contributed by atoms with Crippen LogP contribution in [0, 0.1) is 0 Å². The summed E-state index contributed by atoms with van der Waals surface area (Å²) in [6.45, 7) is 0. The second-order valence-corrected chi connectivity index (χ2v) is 47.5. The van der Waals surface area contributed by atoms with Gasteiger partial charge in [-0.25, -0.2) is 4.57 Å². The molecule has 0 atom stereocenters. The molecule has 0 amide bonds. The van der Waals surface area contributed by atoms with E-state index in [2.05, 4.69) is 292 Å². The van der Waals surface area contributed by atoms with Gasteiger partial charge >= 0.3 is 0 Å². The summed E-state index contributed by atoms with van der Waals surface area (Å²) in [6, 6.07) is 85.9. The fraction of sp³-hybridized carbons (Fsp3) is 0.0111. The molecule has 0 aromatic carbocycles. The first-order valence-electron chi connectivity index (χ1n) is 35.2. The lowest BCUT2D eigenvalue weighted by Crippen LogP contribution is -2.25. The zero-order chi connectivity index (χ0) is 73.9. The molecule has 22 aromatic rings. The second kappa shape index (κ2) is 30.5. The summed E-state index contributed by atoms with van der Waals surface area (Å²) in [6.07, 6.45) is 4.34. The first-order valence-corrected chi connectivity index (χ1v) is 52.8. The SMILES string of the molecule is C[n+]1ccc(-c2cc(-c3ccc(-c4cc(-c5ccc(-c6cc(-c7cccs7)c(-c7cccs7)s6)s5)c(-c5ccc(-c6cc(-c7cccs7)c(-c7cccs7)s6)s5)s4)s3)c(-c3ccc(-c4cc(-c5ccc(-c6cc(-c7cccs7)c(-c7cccs7)s6)s5)c(-c5ccc(-c6cc(-c7cccs7)c(-c7cccs7)s6)s5)s4)s3)s2)cc1. The quantitative estimate of drug-likeness (QED) is 0.0632. The van der Waals surface area contributed by atoms with Gasteiger partial charge in [-0.05, 0) is 207 Å². The smallest absolute Gasteiger partial charge is 0.169 e. The molecule has 0 fully saturated rings. The maximum absolute atomic E-state index is 2.51. The van der Waals surface area contributed by atoms with Gasteiger partial charge in [-0.3, -0.25) is 0 Å². The molecule has 0 N–H and O–H groups in total. The van der Waals surface area contributed by atoms with Gasteiger partial charge in [0.2, 0.25) is 0 Å². The highest BCUT2D eigenvalue weighted by Crippen LogP contribution is 2.59. The van der Waals surface area contributed by atoms with Gasteiger partial charge in [0.15, 0.2) is 12.4 Å². The number of aromatic nitrogens is 1. The van der Waals surface area contributed by atoms with Crippen molar-refractivity contribution in [2.24, 2.45) is 7.05 Å². The summed E-state index contributed by atoms with van der Waals surface area (Å²) in [5.74, 6) is 0.